The highest BCUT2D eigenvalue weighted by atomic mass is 79.9. The molecule has 3 heterocycles. The van der Waals surface area contributed by atoms with Crippen molar-refractivity contribution < 1.29 is 4.39 Å². The molecule has 0 saturated heterocycles. The van der Waals surface area contributed by atoms with Gasteiger partial charge in [-0.15, -0.1) is 0 Å². The van der Waals surface area contributed by atoms with E-state index in [1.165, 1.54) is 16.1 Å². The fourth-order valence-electron chi connectivity index (χ4n) is 3.11. The average molecular weight is 372 g/mol. The number of benzene rings is 1. The number of fused-ring (bicyclic) bond motifs is 2. The number of nitrogens with zero attached hydrogens (tertiary/aromatic N) is 3. The van der Waals surface area contributed by atoms with Crippen LogP contribution in [0.1, 0.15) is 30.5 Å². The molecule has 0 radical (unpaired) electrons. The molecule has 5 heteroatoms. The quantitative estimate of drug-likeness (QED) is 0.622. The summed E-state index contributed by atoms with van der Waals surface area (Å²) in [4.78, 5) is 4.93. The lowest BCUT2D eigenvalue weighted by Crippen LogP contribution is -2.29. The predicted molar refractivity (Wildman–Crippen MR) is 92.7 cm³/mol. The molecule has 116 valence electrons. The third-order valence-corrected chi connectivity index (χ3v) is 4.87. The molecule has 3 aromatic rings. The third-order valence-electron chi connectivity index (χ3n) is 4.13. The van der Waals surface area contributed by atoms with Crippen LogP contribution in [0.15, 0.2) is 52.1 Å². The summed E-state index contributed by atoms with van der Waals surface area (Å²) in [6, 6.07) is 11.2. The van der Waals surface area contributed by atoms with Crippen LogP contribution in [0.5, 0.6) is 0 Å². The first-order valence-corrected chi connectivity index (χ1v) is 8.25. The van der Waals surface area contributed by atoms with Gasteiger partial charge in [-0.25, -0.2) is 4.52 Å². The van der Waals surface area contributed by atoms with E-state index >= 15 is 0 Å². The number of rotatable bonds is 1. The van der Waals surface area contributed by atoms with Crippen LogP contribution in [0.4, 0.5) is 4.39 Å². The van der Waals surface area contributed by atoms with Crippen molar-refractivity contribution in [3.63, 3.8) is 0 Å². The van der Waals surface area contributed by atoms with Crippen molar-refractivity contribution in [2.24, 2.45) is 4.99 Å². The monoisotopic (exact) mass is 371 g/mol. The smallest absolute Gasteiger partial charge is 0.214 e. The Kier molecular flexibility index (Phi) is 3.17. The Bertz CT molecular complexity index is 956. The van der Waals surface area contributed by atoms with Crippen LogP contribution in [0.3, 0.4) is 0 Å². The first-order valence-electron chi connectivity index (χ1n) is 7.46. The fourth-order valence-corrected chi connectivity index (χ4v) is 3.62. The number of hydrogen-bond acceptors (Lipinski definition) is 2. The Balaban J connectivity index is 1.95. The zero-order chi connectivity index (χ0) is 16.2. The summed E-state index contributed by atoms with van der Waals surface area (Å²) in [5.41, 5.74) is 4.71. The molecule has 0 spiro atoms. The second kappa shape index (κ2) is 4.99. The first kappa shape index (κ1) is 14.6. The summed E-state index contributed by atoms with van der Waals surface area (Å²) >= 11 is 3.65. The molecule has 4 rings (SSSR count). The molecule has 0 bridgehead atoms. The van der Waals surface area contributed by atoms with E-state index in [0.29, 0.717) is 0 Å². The summed E-state index contributed by atoms with van der Waals surface area (Å²) in [6.45, 7) is 4.25. The van der Waals surface area contributed by atoms with Crippen LogP contribution in [0.2, 0.25) is 0 Å². The predicted octanol–water partition coefficient (Wildman–Crippen LogP) is 4.41. The van der Waals surface area contributed by atoms with E-state index in [-0.39, 0.29) is 11.5 Å². The minimum atomic E-state index is -0.361. The number of halogens is 2. The van der Waals surface area contributed by atoms with Gasteiger partial charge in [0.2, 0.25) is 5.95 Å². The van der Waals surface area contributed by atoms with Crippen molar-refractivity contribution in [2.45, 2.75) is 25.8 Å². The molecule has 0 saturated carbocycles. The summed E-state index contributed by atoms with van der Waals surface area (Å²) in [5.74, 6) is -0.361. The lowest BCUT2D eigenvalue weighted by atomic mass is 9.85. The van der Waals surface area contributed by atoms with Gasteiger partial charge >= 0.3 is 0 Å². The Morgan fingerprint density at radius 2 is 2.04 bits per heavy atom. The van der Waals surface area contributed by atoms with E-state index < -0.39 is 0 Å². The zero-order valence-corrected chi connectivity index (χ0v) is 14.4. The summed E-state index contributed by atoms with van der Waals surface area (Å²) in [6.07, 6.45) is 2.56. The van der Waals surface area contributed by atoms with E-state index in [0.717, 1.165) is 33.2 Å². The highest BCUT2D eigenvalue weighted by molar-refractivity contribution is 9.10. The van der Waals surface area contributed by atoms with Crippen molar-refractivity contribution in [1.29, 1.82) is 0 Å². The molecule has 0 fully saturated rings. The van der Waals surface area contributed by atoms with Crippen LogP contribution in [0.25, 0.3) is 5.52 Å². The highest BCUT2D eigenvalue weighted by Gasteiger charge is 2.29. The minimum Gasteiger partial charge on any atom is -0.278 e. The first-order chi connectivity index (χ1) is 10.9. The van der Waals surface area contributed by atoms with E-state index in [1.54, 1.807) is 12.3 Å². The zero-order valence-electron chi connectivity index (χ0n) is 12.8. The molecule has 1 aromatic carbocycles. The van der Waals surface area contributed by atoms with Crippen molar-refractivity contribution in [3.05, 3.63) is 69.7 Å². The molecule has 0 N–H and O–H groups in total. The number of aromatic nitrogens is 2. The molecule has 0 amide bonds. The van der Waals surface area contributed by atoms with Gasteiger partial charge in [-0.3, -0.25) is 4.99 Å². The maximum Gasteiger partial charge on any atom is 0.214 e. The molecular formula is C18H15BrFN3. The maximum atomic E-state index is 13.6. The van der Waals surface area contributed by atoms with E-state index in [9.17, 15) is 4.39 Å². The second-order valence-corrected chi connectivity index (χ2v) is 7.31. The van der Waals surface area contributed by atoms with Gasteiger partial charge in [-0.05, 0) is 50.1 Å². The van der Waals surface area contributed by atoms with Crippen LogP contribution in [0, 0.1) is 5.95 Å². The van der Waals surface area contributed by atoms with Crippen LogP contribution in [-0.2, 0) is 6.42 Å². The van der Waals surface area contributed by atoms with Gasteiger partial charge in [0.1, 0.15) is 0 Å². The lowest BCUT2D eigenvalue weighted by molar-refractivity contribution is 0.512. The Morgan fingerprint density at radius 3 is 2.87 bits per heavy atom. The largest absolute Gasteiger partial charge is 0.278 e. The van der Waals surface area contributed by atoms with E-state index in [1.807, 2.05) is 12.1 Å². The maximum absolute atomic E-state index is 13.6. The average Bonchev–Trinajstić information content (AvgIpc) is 2.88. The normalized spacial score (nSPS) is 16.3. The fraction of sp³-hybridized carbons (Fsp3) is 0.222. The Morgan fingerprint density at radius 1 is 1.22 bits per heavy atom. The summed E-state index contributed by atoms with van der Waals surface area (Å²) < 4.78 is 16.0. The van der Waals surface area contributed by atoms with E-state index in [2.05, 4.69) is 47.0 Å². The van der Waals surface area contributed by atoms with Crippen molar-refractivity contribution in [2.75, 3.05) is 0 Å². The van der Waals surface area contributed by atoms with E-state index in [4.69, 9.17) is 4.99 Å². The van der Waals surface area contributed by atoms with Crippen molar-refractivity contribution in [3.8, 4) is 0 Å². The van der Waals surface area contributed by atoms with Gasteiger partial charge in [0.25, 0.3) is 0 Å². The molecule has 3 nitrogen and oxygen atoms in total. The lowest BCUT2D eigenvalue weighted by Gasteiger charge is -2.30. The standard InChI is InChI=1S/C18H15BrFN3/c1-18(2)9-14-13(4-3-5-15(14)19)17(22-18)11-8-12-6-7-16(20)23(12)21-10-11/h3-8,10H,9H2,1-2H3. The van der Waals surface area contributed by atoms with Crippen molar-refractivity contribution >= 4 is 27.2 Å². The molecule has 23 heavy (non-hydrogen) atoms. The molecule has 0 unspecified atom stereocenters. The Labute approximate surface area is 142 Å². The number of aliphatic imine (C=N–C) groups is 1. The number of hydrogen-bond donors (Lipinski definition) is 0. The van der Waals surface area contributed by atoms with Gasteiger partial charge in [-0.2, -0.15) is 9.49 Å². The molecule has 2 aromatic heterocycles. The van der Waals surface area contributed by atoms with Gasteiger partial charge < -0.3 is 0 Å². The van der Waals surface area contributed by atoms with Gasteiger partial charge in [0.05, 0.1) is 23.0 Å². The van der Waals surface area contributed by atoms with Gasteiger partial charge in [0, 0.05) is 15.6 Å². The van der Waals surface area contributed by atoms with Crippen LogP contribution >= 0.6 is 15.9 Å². The molecule has 1 aliphatic rings. The molecule has 0 aliphatic carbocycles. The highest BCUT2D eigenvalue weighted by Crippen LogP contribution is 2.33. The van der Waals surface area contributed by atoms with Gasteiger partial charge in [0.15, 0.2) is 0 Å². The molecule has 0 atom stereocenters. The van der Waals surface area contributed by atoms with Gasteiger partial charge in [-0.1, -0.05) is 28.1 Å². The SMILES string of the molecule is CC1(C)Cc2c(Br)cccc2C(c2cnn3c(F)ccc3c2)=N1. The summed E-state index contributed by atoms with van der Waals surface area (Å²) in [5, 5.41) is 4.21. The van der Waals surface area contributed by atoms with Crippen LogP contribution < -0.4 is 0 Å². The second-order valence-electron chi connectivity index (χ2n) is 6.45. The molecular weight excluding hydrogens is 357 g/mol. The Hall–Kier alpha value is -2.01. The van der Waals surface area contributed by atoms with Crippen molar-refractivity contribution in [1.82, 2.24) is 9.61 Å². The molecule has 1 aliphatic heterocycles. The van der Waals surface area contributed by atoms with Crippen LogP contribution in [-0.4, -0.2) is 20.9 Å². The minimum absolute atomic E-state index is 0.189. The topological polar surface area (TPSA) is 29.7 Å². The third kappa shape index (κ3) is 2.39. The summed E-state index contributed by atoms with van der Waals surface area (Å²) in [7, 11) is 0.